The summed E-state index contributed by atoms with van der Waals surface area (Å²) in [5, 5.41) is -0.868. The molecule has 0 N–H and O–H groups in total. The predicted molar refractivity (Wildman–Crippen MR) is 150 cm³/mol. The number of benzene rings is 4. The normalized spacial score (nSPS) is 10.9. The first-order valence-electron chi connectivity index (χ1n) is 13.1. The van der Waals surface area contributed by atoms with E-state index in [1.165, 1.54) is 24.1 Å². The van der Waals surface area contributed by atoms with Gasteiger partial charge in [0.15, 0.2) is 11.6 Å². The van der Waals surface area contributed by atoms with Gasteiger partial charge >= 0.3 is 6.11 Å². The summed E-state index contributed by atoms with van der Waals surface area (Å²) in [5.41, 5.74) is 0.0832. The van der Waals surface area contributed by atoms with Crippen molar-refractivity contribution >= 4 is 11.6 Å². The van der Waals surface area contributed by atoms with Gasteiger partial charge in [0, 0.05) is 28.8 Å². The van der Waals surface area contributed by atoms with Crippen LogP contribution in [0, 0.1) is 52.8 Å². The quantitative estimate of drug-likeness (QED) is 0.0872. The summed E-state index contributed by atoms with van der Waals surface area (Å²) in [7, 11) is 0. The van der Waals surface area contributed by atoms with Gasteiger partial charge in [-0.1, -0.05) is 67.2 Å². The number of hydrogen-bond acceptors (Lipinski definition) is 1. The first kappa shape index (κ1) is 31.5. The maximum Gasteiger partial charge on any atom is 0.432 e. The molecule has 4 aromatic carbocycles. The number of alkyl halides is 2. The molecule has 0 radical (unpaired) electrons. The summed E-state index contributed by atoms with van der Waals surface area (Å²) in [4.78, 5) is 0. The third-order valence-corrected chi connectivity index (χ3v) is 6.50. The molecule has 0 bridgehead atoms. The third-order valence-electron chi connectivity index (χ3n) is 6.22. The maximum absolute atomic E-state index is 14.7. The van der Waals surface area contributed by atoms with Crippen molar-refractivity contribution in [2.75, 3.05) is 0 Å². The number of rotatable bonds is 7. The maximum atomic E-state index is 14.7. The SMILES string of the molecule is CCCCCc1ccc(C#Cc2ccc(C#Cc3cc(F)c(C(F)(F)Oc4cc(F)c(F)c(Cl)c4)c(F)c3)c(F)c2)cc1. The topological polar surface area (TPSA) is 9.23 Å². The van der Waals surface area contributed by atoms with Crippen LogP contribution in [0.1, 0.15) is 59.6 Å². The van der Waals surface area contributed by atoms with Gasteiger partial charge in [-0.15, -0.1) is 0 Å². The second-order valence-electron chi connectivity index (χ2n) is 9.48. The highest BCUT2D eigenvalue weighted by Crippen LogP contribution is 2.37. The van der Waals surface area contributed by atoms with Gasteiger partial charge in [0.05, 0.1) is 10.6 Å². The summed E-state index contributed by atoms with van der Waals surface area (Å²) in [6.45, 7) is 2.15. The lowest BCUT2D eigenvalue weighted by Crippen LogP contribution is -2.25. The van der Waals surface area contributed by atoms with E-state index in [0.29, 0.717) is 23.8 Å². The summed E-state index contributed by atoms with van der Waals surface area (Å²) < 4.78 is 104. The highest BCUT2D eigenvalue weighted by molar-refractivity contribution is 6.30. The molecule has 0 spiro atoms. The Bertz CT molecular complexity index is 1710. The van der Waals surface area contributed by atoms with E-state index in [-0.39, 0.29) is 17.2 Å². The van der Waals surface area contributed by atoms with Crippen molar-refractivity contribution < 1.29 is 35.5 Å². The van der Waals surface area contributed by atoms with Crippen LogP contribution in [0.4, 0.5) is 30.7 Å². The van der Waals surface area contributed by atoms with Crippen molar-refractivity contribution in [3.63, 3.8) is 0 Å². The number of unbranched alkanes of at least 4 members (excludes halogenated alkanes) is 2. The van der Waals surface area contributed by atoms with Crippen LogP contribution >= 0.6 is 11.6 Å². The van der Waals surface area contributed by atoms with Crippen molar-refractivity contribution in [2.45, 2.75) is 38.7 Å². The molecule has 0 amide bonds. The van der Waals surface area contributed by atoms with E-state index in [9.17, 15) is 30.7 Å². The zero-order chi connectivity index (χ0) is 31.1. The summed E-state index contributed by atoms with van der Waals surface area (Å²) in [6.07, 6.45) is -0.201. The van der Waals surface area contributed by atoms with Crippen LogP contribution in [0.15, 0.2) is 66.7 Å². The molecule has 0 unspecified atom stereocenters. The van der Waals surface area contributed by atoms with Gasteiger partial charge in [0.25, 0.3) is 0 Å². The Labute approximate surface area is 249 Å². The smallest absolute Gasteiger partial charge is 0.429 e. The molecule has 0 aliphatic carbocycles. The zero-order valence-electron chi connectivity index (χ0n) is 22.6. The molecule has 1 nitrogen and oxygen atoms in total. The van der Waals surface area contributed by atoms with Crippen LogP contribution in [-0.4, -0.2) is 0 Å². The van der Waals surface area contributed by atoms with Gasteiger partial charge in [-0.05, 0) is 60.9 Å². The van der Waals surface area contributed by atoms with E-state index in [1.807, 2.05) is 24.3 Å². The second-order valence-corrected chi connectivity index (χ2v) is 9.89. The monoisotopic (exact) mass is 614 g/mol. The number of aryl methyl sites for hydroxylation is 1. The fourth-order valence-electron chi connectivity index (χ4n) is 4.03. The molecule has 0 atom stereocenters. The second kappa shape index (κ2) is 13.7. The third kappa shape index (κ3) is 8.12. The minimum Gasteiger partial charge on any atom is -0.429 e. The standard InChI is InChI=1S/C34H22ClF7O/c1-2-3-4-5-21-6-8-22(9-7-21)10-11-23-12-14-25(28(36)16-23)15-13-24-17-29(37)32(30(38)18-24)34(41,42)43-26-19-27(35)33(40)31(39)20-26/h6-9,12,14,16-20H,2-5H2,1H3. The largest absolute Gasteiger partial charge is 0.432 e. The van der Waals surface area contributed by atoms with Crippen LogP contribution in [0.5, 0.6) is 5.75 Å². The van der Waals surface area contributed by atoms with Gasteiger partial charge in [-0.25, -0.2) is 22.0 Å². The fraction of sp³-hybridized carbons (Fsp3) is 0.176. The van der Waals surface area contributed by atoms with Crippen LogP contribution in [-0.2, 0) is 12.5 Å². The van der Waals surface area contributed by atoms with E-state index < -0.39 is 51.5 Å². The first-order chi connectivity index (χ1) is 20.5. The van der Waals surface area contributed by atoms with E-state index in [2.05, 4.69) is 35.3 Å². The molecular weight excluding hydrogens is 593 g/mol. The van der Waals surface area contributed by atoms with E-state index in [0.717, 1.165) is 30.9 Å². The summed E-state index contributed by atoms with van der Waals surface area (Å²) in [6, 6.07) is 13.6. The molecule has 43 heavy (non-hydrogen) atoms. The van der Waals surface area contributed by atoms with Gasteiger partial charge in [0.2, 0.25) is 0 Å². The molecule has 9 heteroatoms. The Morgan fingerprint density at radius 1 is 0.674 bits per heavy atom. The minimum absolute atomic E-state index is 0.115. The average molecular weight is 615 g/mol. The molecule has 0 aliphatic heterocycles. The molecule has 4 aromatic rings. The van der Waals surface area contributed by atoms with E-state index in [1.54, 1.807) is 0 Å². The molecule has 220 valence electrons. The molecule has 0 saturated carbocycles. The van der Waals surface area contributed by atoms with Crippen molar-refractivity contribution in [1.82, 2.24) is 0 Å². The van der Waals surface area contributed by atoms with Crippen molar-refractivity contribution in [3.8, 4) is 29.4 Å². The Morgan fingerprint density at radius 2 is 1.28 bits per heavy atom. The highest BCUT2D eigenvalue weighted by atomic mass is 35.5. The lowest BCUT2D eigenvalue weighted by molar-refractivity contribution is -0.189. The zero-order valence-corrected chi connectivity index (χ0v) is 23.4. The Balaban J connectivity index is 1.48. The number of halogens is 8. The number of ether oxygens (including phenoxy) is 1. The van der Waals surface area contributed by atoms with Crippen LogP contribution < -0.4 is 4.74 Å². The molecular formula is C34H22ClF7O. The van der Waals surface area contributed by atoms with Gasteiger partial charge in [-0.2, -0.15) is 8.78 Å². The average Bonchev–Trinajstić information content (AvgIpc) is 2.94. The predicted octanol–water partition coefficient (Wildman–Crippen LogP) is 9.70. The number of hydrogen-bond donors (Lipinski definition) is 0. The van der Waals surface area contributed by atoms with Crippen LogP contribution in [0.25, 0.3) is 0 Å². The van der Waals surface area contributed by atoms with Gasteiger partial charge < -0.3 is 4.74 Å². The Hall–Kier alpha value is -4.40. The van der Waals surface area contributed by atoms with Crippen molar-refractivity contribution in [3.05, 3.63) is 134 Å². The van der Waals surface area contributed by atoms with Crippen molar-refractivity contribution in [1.29, 1.82) is 0 Å². The van der Waals surface area contributed by atoms with Crippen molar-refractivity contribution in [2.24, 2.45) is 0 Å². The Kier molecular flexibility index (Phi) is 10.1. The lowest BCUT2D eigenvalue weighted by atomic mass is 10.1. The molecule has 0 saturated heterocycles. The van der Waals surface area contributed by atoms with E-state index in [4.69, 9.17) is 11.6 Å². The van der Waals surface area contributed by atoms with Gasteiger partial charge in [0.1, 0.15) is 28.8 Å². The fourth-order valence-corrected chi connectivity index (χ4v) is 4.22. The van der Waals surface area contributed by atoms with Crippen LogP contribution in [0.3, 0.4) is 0 Å². The molecule has 0 heterocycles. The Morgan fingerprint density at radius 3 is 1.91 bits per heavy atom. The lowest BCUT2D eigenvalue weighted by Gasteiger charge is -2.19. The van der Waals surface area contributed by atoms with Gasteiger partial charge in [-0.3, -0.25) is 0 Å². The molecule has 0 aliphatic rings. The minimum atomic E-state index is -4.63. The first-order valence-corrected chi connectivity index (χ1v) is 13.5. The highest BCUT2D eigenvalue weighted by Gasteiger charge is 2.41. The van der Waals surface area contributed by atoms with Crippen LogP contribution in [0.2, 0.25) is 5.02 Å². The summed E-state index contributed by atoms with van der Waals surface area (Å²) >= 11 is 5.41. The van der Waals surface area contributed by atoms with E-state index >= 15 is 0 Å². The molecule has 0 aromatic heterocycles. The molecule has 4 rings (SSSR count). The molecule has 0 fully saturated rings. The summed E-state index contributed by atoms with van der Waals surface area (Å²) in [5.74, 6) is 2.30.